The predicted molar refractivity (Wildman–Crippen MR) is 92.2 cm³/mol. The topological polar surface area (TPSA) is 98.5 Å². The van der Waals surface area contributed by atoms with E-state index in [-0.39, 0.29) is 17.1 Å². The van der Waals surface area contributed by atoms with Crippen LogP contribution in [-0.4, -0.2) is 59.7 Å². The van der Waals surface area contributed by atoms with Gasteiger partial charge in [0.05, 0.1) is 46.9 Å². The zero-order valence-electron chi connectivity index (χ0n) is 13.1. The van der Waals surface area contributed by atoms with E-state index in [2.05, 4.69) is 4.98 Å². The lowest BCUT2D eigenvalue weighted by Crippen LogP contribution is -2.27. The fraction of sp³-hybridized carbons (Fsp3) is 0.467. The van der Waals surface area contributed by atoms with E-state index < -0.39 is 21.2 Å². The Kier molecular flexibility index (Phi) is 4.95. The molecule has 1 fully saturated rings. The first-order valence-electron chi connectivity index (χ1n) is 7.45. The van der Waals surface area contributed by atoms with Gasteiger partial charge in [-0.15, -0.1) is 0 Å². The number of hydrogen-bond donors (Lipinski definition) is 1. The number of rotatable bonds is 5. The highest BCUT2D eigenvalue weighted by Crippen LogP contribution is 2.30. The molecule has 2 heterocycles. The summed E-state index contributed by atoms with van der Waals surface area (Å²) in [6, 6.07) is 7.00. The van der Waals surface area contributed by atoms with Crippen LogP contribution in [0.25, 0.3) is 10.9 Å². The lowest BCUT2D eigenvalue weighted by Gasteiger charge is -2.16. The zero-order valence-corrected chi connectivity index (χ0v) is 14.7. The van der Waals surface area contributed by atoms with Crippen LogP contribution in [0.3, 0.4) is 0 Å². The summed E-state index contributed by atoms with van der Waals surface area (Å²) in [7, 11) is -1.72. The molecule has 9 heteroatoms. The Balaban J connectivity index is 2.03. The fourth-order valence-electron chi connectivity index (χ4n) is 2.66. The van der Waals surface area contributed by atoms with E-state index in [0.717, 1.165) is 11.8 Å². The molecular formula is C15H18N2O5S2. The van der Waals surface area contributed by atoms with Crippen LogP contribution in [0.15, 0.2) is 34.2 Å². The highest BCUT2D eigenvalue weighted by atomic mass is 32.2. The maximum atomic E-state index is 12.7. The van der Waals surface area contributed by atoms with Crippen molar-refractivity contribution in [1.82, 2.24) is 9.55 Å². The molecule has 7 nitrogen and oxygen atoms in total. The van der Waals surface area contributed by atoms with Crippen molar-refractivity contribution in [2.45, 2.75) is 23.1 Å². The average Bonchev–Trinajstić information content (AvgIpc) is 2.79. The van der Waals surface area contributed by atoms with Crippen molar-refractivity contribution in [2.75, 3.05) is 25.2 Å². The van der Waals surface area contributed by atoms with Gasteiger partial charge in [-0.2, -0.15) is 0 Å². The lowest BCUT2D eigenvalue weighted by molar-refractivity contribution is 0.183. The summed E-state index contributed by atoms with van der Waals surface area (Å²) in [6.07, 6.45) is -0.959. The minimum Gasteiger partial charge on any atom is -0.391 e. The van der Waals surface area contributed by atoms with Crippen LogP contribution in [0.4, 0.5) is 0 Å². The van der Waals surface area contributed by atoms with Gasteiger partial charge in [0.2, 0.25) is 0 Å². The molecule has 1 aromatic carbocycles. The highest BCUT2D eigenvalue weighted by Gasteiger charge is 2.38. The maximum absolute atomic E-state index is 12.7. The van der Waals surface area contributed by atoms with E-state index in [9.17, 15) is 18.3 Å². The summed E-state index contributed by atoms with van der Waals surface area (Å²) in [5.74, 6) is -0.369. The first-order chi connectivity index (χ1) is 11.4. The largest absolute Gasteiger partial charge is 0.391 e. The Morgan fingerprint density at radius 2 is 2.12 bits per heavy atom. The predicted octanol–water partition coefficient (Wildman–Crippen LogP) is 0.293. The lowest BCUT2D eigenvalue weighted by atomic mass is 10.2. The van der Waals surface area contributed by atoms with Crippen molar-refractivity contribution in [3.05, 3.63) is 34.6 Å². The Hall–Kier alpha value is -1.42. The van der Waals surface area contributed by atoms with Gasteiger partial charge in [-0.1, -0.05) is 23.9 Å². The minimum absolute atomic E-state index is 0.119. The van der Waals surface area contributed by atoms with Crippen molar-refractivity contribution in [3.8, 4) is 0 Å². The van der Waals surface area contributed by atoms with Crippen LogP contribution in [-0.2, 0) is 21.1 Å². The molecule has 1 aromatic heterocycles. The Labute approximate surface area is 143 Å². The third-order valence-electron chi connectivity index (χ3n) is 3.87. The van der Waals surface area contributed by atoms with E-state index in [1.54, 1.807) is 31.4 Å². The van der Waals surface area contributed by atoms with E-state index in [1.165, 1.54) is 4.57 Å². The van der Waals surface area contributed by atoms with Gasteiger partial charge in [0.1, 0.15) is 0 Å². The van der Waals surface area contributed by atoms with Crippen LogP contribution in [0.1, 0.15) is 0 Å². The highest BCUT2D eigenvalue weighted by molar-refractivity contribution is 8.01. The quantitative estimate of drug-likeness (QED) is 0.756. The summed E-state index contributed by atoms with van der Waals surface area (Å²) in [5, 5.41) is 10.4. The number of methoxy groups -OCH3 is 1. The monoisotopic (exact) mass is 370 g/mol. The molecule has 0 aliphatic carbocycles. The molecule has 130 valence electrons. The third kappa shape index (κ3) is 3.49. The summed E-state index contributed by atoms with van der Waals surface area (Å²) < 4.78 is 29.9. The number of hydrogen-bond acceptors (Lipinski definition) is 7. The van der Waals surface area contributed by atoms with Gasteiger partial charge >= 0.3 is 0 Å². The van der Waals surface area contributed by atoms with Crippen LogP contribution >= 0.6 is 11.8 Å². The van der Waals surface area contributed by atoms with Crippen molar-refractivity contribution >= 4 is 32.5 Å². The molecule has 1 N–H and O–H groups in total. The maximum Gasteiger partial charge on any atom is 0.262 e. The van der Waals surface area contributed by atoms with Crippen LogP contribution in [0.2, 0.25) is 0 Å². The number of fused-ring (bicyclic) bond motifs is 1. The molecule has 1 aliphatic rings. The van der Waals surface area contributed by atoms with E-state index in [0.29, 0.717) is 29.2 Å². The van der Waals surface area contributed by atoms with Gasteiger partial charge in [-0.05, 0) is 12.1 Å². The molecule has 0 bridgehead atoms. The molecule has 0 spiro atoms. The van der Waals surface area contributed by atoms with E-state index in [4.69, 9.17) is 4.74 Å². The number of aliphatic hydroxyl groups is 1. The molecule has 2 aromatic rings. The molecule has 1 aliphatic heterocycles. The SMILES string of the molecule is COCCn1c(S[C@@H]2CS(=O)(=O)C[C@H]2O)nc2ccccc2c1=O. The van der Waals surface area contributed by atoms with E-state index in [1.807, 2.05) is 0 Å². The Bertz CT molecular complexity index is 910. The van der Waals surface area contributed by atoms with Gasteiger partial charge in [-0.3, -0.25) is 9.36 Å². The molecule has 1 saturated heterocycles. The second kappa shape index (κ2) is 6.83. The van der Waals surface area contributed by atoms with Gasteiger partial charge in [0, 0.05) is 7.11 Å². The van der Waals surface area contributed by atoms with Crippen LogP contribution < -0.4 is 5.56 Å². The number of benzene rings is 1. The van der Waals surface area contributed by atoms with Crippen molar-refractivity contribution < 1.29 is 18.3 Å². The van der Waals surface area contributed by atoms with Gasteiger partial charge in [0.25, 0.3) is 5.56 Å². The first-order valence-corrected chi connectivity index (χ1v) is 10.1. The molecule has 0 amide bonds. The fourth-order valence-corrected chi connectivity index (χ4v) is 6.27. The normalized spacial score (nSPS) is 22.9. The molecule has 0 radical (unpaired) electrons. The standard InChI is InChI=1S/C15H18N2O5S2/c1-22-7-6-17-14(19)10-4-2-3-5-11(10)16-15(17)23-13-9-24(20,21)8-12(13)18/h2-5,12-13,18H,6-9H2,1H3/t12-,13-/m1/s1. The number of nitrogens with zero attached hydrogens (tertiary/aromatic N) is 2. The minimum atomic E-state index is -3.26. The summed E-state index contributed by atoms with van der Waals surface area (Å²) in [4.78, 5) is 17.2. The van der Waals surface area contributed by atoms with Crippen LogP contribution in [0.5, 0.6) is 0 Å². The second-order valence-corrected chi connectivity index (χ2v) is 9.02. The Morgan fingerprint density at radius 3 is 2.79 bits per heavy atom. The Morgan fingerprint density at radius 1 is 1.38 bits per heavy atom. The summed E-state index contributed by atoms with van der Waals surface area (Å²) in [6.45, 7) is 0.643. The third-order valence-corrected chi connectivity index (χ3v) is 7.11. The van der Waals surface area contributed by atoms with Gasteiger partial charge in [0.15, 0.2) is 15.0 Å². The van der Waals surface area contributed by atoms with Crippen molar-refractivity contribution in [2.24, 2.45) is 0 Å². The number of para-hydroxylation sites is 1. The summed E-state index contributed by atoms with van der Waals surface area (Å²) in [5.41, 5.74) is 0.351. The zero-order chi connectivity index (χ0) is 17.3. The number of aliphatic hydroxyl groups excluding tert-OH is 1. The number of ether oxygens (including phenoxy) is 1. The summed E-state index contributed by atoms with van der Waals surface area (Å²) >= 11 is 1.13. The average molecular weight is 370 g/mol. The number of aromatic nitrogens is 2. The van der Waals surface area contributed by atoms with E-state index >= 15 is 0 Å². The molecule has 0 saturated carbocycles. The number of thioether (sulfide) groups is 1. The molecule has 2 atom stereocenters. The van der Waals surface area contributed by atoms with Gasteiger partial charge < -0.3 is 9.84 Å². The van der Waals surface area contributed by atoms with Crippen molar-refractivity contribution in [1.29, 1.82) is 0 Å². The number of sulfone groups is 1. The molecular weight excluding hydrogens is 352 g/mol. The molecule has 0 unspecified atom stereocenters. The molecule has 3 rings (SSSR count). The van der Waals surface area contributed by atoms with Crippen LogP contribution in [0, 0.1) is 0 Å². The van der Waals surface area contributed by atoms with Crippen molar-refractivity contribution in [3.63, 3.8) is 0 Å². The molecule has 24 heavy (non-hydrogen) atoms. The second-order valence-electron chi connectivity index (χ2n) is 5.66. The van der Waals surface area contributed by atoms with Gasteiger partial charge in [-0.25, -0.2) is 13.4 Å². The first kappa shape index (κ1) is 17.4. The smallest absolute Gasteiger partial charge is 0.262 e.